The van der Waals surface area contributed by atoms with Crippen LogP contribution in [0.25, 0.3) is 0 Å². The highest BCUT2D eigenvalue weighted by Crippen LogP contribution is 2.07. The van der Waals surface area contributed by atoms with Crippen LogP contribution in [-0.4, -0.2) is 69.4 Å². The second-order valence-corrected chi connectivity index (χ2v) is 3.63. The number of primary amides is 1. The molecule has 2 N–H and O–H groups in total. The minimum atomic E-state index is -0.692. The molecule has 7 heteroatoms. The third-order valence-electron chi connectivity index (χ3n) is 2.43. The molecule has 7 nitrogen and oxygen atoms in total. The van der Waals surface area contributed by atoms with E-state index in [1.54, 1.807) is 7.11 Å². The van der Waals surface area contributed by atoms with Crippen LogP contribution in [0.2, 0.25) is 0 Å². The Labute approximate surface area is 99.8 Å². The summed E-state index contributed by atoms with van der Waals surface area (Å²) in [4.78, 5) is 24.3. The molecule has 1 fully saturated rings. The molecule has 0 aromatic carbocycles. The second-order valence-electron chi connectivity index (χ2n) is 3.63. The molecule has 2 amide bonds. The third kappa shape index (κ3) is 4.29. The summed E-state index contributed by atoms with van der Waals surface area (Å²) in [6, 6.07) is -0.692. The van der Waals surface area contributed by atoms with Crippen molar-refractivity contribution in [3.63, 3.8) is 0 Å². The van der Waals surface area contributed by atoms with Crippen LogP contribution in [0.3, 0.4) is 0 Å². The van der Waals surface area contributed by atoms with E-state index in [0.717, 1.165) is 0 Å². The molecular formula is C10H18N2O5. The average Bonchev–Trinajstić information content (AvgIpc) is 2.34. The van der Waals surface area contributed by atoms with E-state index in [1.165, 1.54) is 4.90 Å². The van der Waals surface area contributed by atoms with Crippen molar-refractivity contribution in [3.05, 3.63) is 0 Å². The number of nitrogens with two attached hydrogens (primary N) is 1. The van der Waals surface area contributed by atoms with Crippen LogP contribution in [0.1, 0.15) is 0 Å². The first kappa shape index (κ1) is 13.9. The minimum absolute atomic E-state index is 0.0762. The fourth-order valence-electron chi connectivity index (χ4n) is 1.52. The van der Waals surface area contributed by atoms with Crippen LogP contribution in [0, 0.1) is 0 Å². The Morgan fingerprint density at radius 3 is 2.88 bits per heavy atom. The molecule has 1 aliphatic heterocycles. The normalized spacial score (nSPS) is 20.3. The van der Waals surface area contributed by atoms with Gasteiger partial charge < -0.3 is 24.8 Å². The number of morpholine rings is 1. The van der Waals surface area contributed by atoms with Gasteiger partial charge in [0.05, 0.1) is 26.4 Å². The zero-order chi connectivity index (χ0) is 12.7. The van der Waals surface area contributed by atoms with Gasteiger partial charge in [-0.05, 0) is 0 Å². The van der Waals surface area contributed by atoms with Gasteiger partial charge >= 0.3 is 0 Å². The zero-order valence-corrected chi connectivity index (χ0v) is 9.89. The number of nitrogens with zero attached hydrogens (tertiary/aromatic N) is 1. The Morgan fingerprint density at radius 1 is 1.47 bits per heavy atom. The molecule has 98 valence electrons. The summed E-state index contributed by atoms with van der Waals surface area (Å²) in [6.07, 6.45) is 0. The van der Waals surface area contributed by atoms with Gasteiger partial charge in [-0.2, -0.15) is 0 Å². The van der Waals surface area contributed by atoms with Crippen molar-refractivity contribution in [1.29, 1.82) is 0 Å². The van der Waals surface area contributed by atoms with Gasteiger partial charge in [-0.15, -0.1) is 0 Å². The Kier molecular flexibility index (Phi) is 5.88. The number of hydrogen-bond acceptors (Lipinski definition) is 5. The van der Waals surface area contributed by atoms with E-state index in [9.17, 15) is 9.59 Å². The molecule has 0 aliphatic carbocycles. The van der Waals surface area contributed by atoms with E-state index < -0.39 is 11.9 Å². The average molecular weight is 246 g/mol. The third-order valence-corrected chi connectivity index (χ3v) is 2.43. The lowest BCUT2D eigenvalue weighted by Crippen LogP contribution is -2.55. The monoisotopic (exact) mass is 246 g/mol. The van der Waals surface area contributed by atoms with Crippen LogP contribution in [0.5, 0.6) is 0 Å². The number of rotatable bonds is 6. The van der Waals surface area contributed by atoms with Crippen molar-refractivity contribution in [2.24, 2.45) is 5.73 Å². The van der Waals surface area contributed by atoms with E-state index >= 15 is 0 Å². The maximum Gasteiger partial charge on any atom is 0.249 e. The maximum atomic E-state index is 11.8. The van der Waals surface area contributed by atoms with E-state index in [2.05, 4.69) is 0 Å². The van der Waals surface area contributed by atoms with E-state index in [-0.39, 0.29) is 19.1 Å². The summed E-state index contributed by atoms with van der Waals surface area (Å²) < 4.78 is 15.0. The smallest absolute Gasteiger partial charge is 0.249 e. The molecule has 1 atom stereocenters. The highest BCUT2D eigenvalue weighted by Gasteiger charge is 2.31. The van der Waals surface area contributed by atoms with Crippen molar-refractivity contribution < 1.29 is 23.8 Å². The molecule has 0 bridgehead atoms. The van der Waals surface area contributed by atoms with Crippen LogP contribution in [0.15, 0.2) is 0 Å². The molecule has 1 aliphatic rings. The van der Waals surface area contributed by atoms with Crippen molar-refractivity contribution in [2.45, 2.75) is 6.04 Å². The summed E-state index contributed by atoms with van der Waals surface area (Å²) in [5.74, 6) is -0.817. The van der Waals surface area contributed by atoms with Gasteiger partial charge in [-0.1, -0.05) is 0 Å². The van der Waals surface area contributed by atoms with Gasteiger partial charge in [0, 0.05) is 13.7 Å². The Bertz CT molecular complexity index is 271. The van der Waals surface area contributed by atoms with Gasteiger partial charge in [0.1, 0.15) is 12.6 Å². The zero-order valence-electron chi connectivity index (χ0n) is 9.89. The summed E-state index contributed by atoms with van der Waals surface area (Å²) in [6.45, 7) is 1.61. The lowest BCUT2D eigenvalue weighted by atomic mass is 10.2. The fourth-order valence-corrected chi connectivity index (χ4v) is 1.52. The van der Waals surface area contributed by atoms with E-state index in [0.29, 0.717) is 26.4 Å². The first-order chi connectivity index (χ1) is 8.16. The first-order valence-corrected chi connectivity index (χ1v) is 5.40. The largest absolute Gasteiger partial charge is 0.382 e. The number of hydrogen-bond donors (Lipinski definition) is 1. The molecule has 1 rings (SSSR count). The van der Waals surface area contributed by atoms with Crippen LogP contribution >= 0.6 is 0 Å². The summed E-state index contributed by atoms with van der Waals surface area (Å²) in [5, 5.41) is 0. The van der Waals surface area contributed by atoms with Crippen molar-refractivity contribution in [1.82, 2.24) is 4.90 Å². The molecule has 0 aromatic rings. The fraction of sp³-hybridized carbons (Fsp3) is 0.800. The predicted molar refractivity (Wildman–Crippen MR) is 58.2 cm³/mol. The van der Waals surface area contributed by atoms with Gasteiger partial charge in [0.15, 0.2) is 0 Å². The molecule has 1 unspecified atom stereocenters. The lowest BCUT2D eigenvalue weighted by molar-refractivity contribution is -0.151. The highest BCUT2D eigenvalue weighted by atomic mass is 16.5. The van der Waals surface area contributed by atoms with Crippen LogP contribution in [-0.2, 0) is 23.8 Å². The molecule has 0 aromatic heterocycles. The molecule has 1 saturated heterocycles. The molecule has 0 radical (unpaired) electrons. The van der Waals surface area contributed by atoms with Crippen molar-refractivity contribution >= 4 is 11.8 Å². The van der Waals surface area contributed by atoms with E-state index in [1.807, 2.05) is 0 Å². The van der Waals surface area contributed by atoms with Gasteiger partial charge in [0.25, 0.3) is 0 Å². The Balaban J connectivity index is 2.39. The molecular weight excluding hydrogens is 228 g/mol. The first-order valence-electron chi connectivity index (χ1n) is 5.40. The SMILES string of the molecule is COCCOCC(=O)N1CCOCC1C(N)=O. The molecule has 0 spiro atoms. The Morgan fingerprint density at radius 2 is 2.24 bits per heavy atom. The topological polar surface area (TPSA) is 91.1 Å². The molecule has 0 saturated carbocycles. The van der Waals surface area contributed by atoms with Crippen molar-refractivity contribution in [2.75, 3.05) is 46.7 Å². The van der Waals surface area contributed by atoms with Gasteiger partial charge in [0.2, 0.25) is 11.8 Å². The summed E-state index contributed by atoms with van der Waals surface area (Å²) >= 11 is 0. The van der Waals surface area contributed by atoms with Gasteiger partial charge in [-0.3, -0.25) is 9.59 Å². The standard InChI is InChI=1S/C10H18N2O5/c1-15-4-5-17-7-9(13)12-2-3-16-6-8(12)10(11)14/h8H,2-7H2,1H3,(H2,11,14). The Hall–Kier alpha value is -1.18. The lowest BCUT2D eigenvalue weighted by Gasteiger charge is -2.33. The van der Waals surface area contributed by atoms with Crippen molar-refractivity contribution in [3.8, 4) is 0 Å². The number of carbonyl (C=O) groups is 2. The number of ether oxygens (including phenoxy) is 3. The van der Waals surface area contributed by atoms with Crippen LogP contribution in [0.4, 0.5) is 0 Å². The summed E-state index contributed by atoms with van der Waals surface area (Å²) in [7, 11) is 1.55. The van der Waals surface area contributed by atoms with E-state index in [4.69, 9.17) is 19.9 Å². The quantitative estimate of drug-likeness (QED) is 0.568. The highest BCUT2D eigenvalue weighted by molar-refractivity contribution is 5.87. The van der Waals surface area contributed by atoms with Gasteiger partial charge in [-0.25, -0.2) is 0 Å². The minimum Gasteiger partial charge on any atom is -0.382 e. The molecule has 1 heterocycles. The summed E-state index contributed by atoms with van der Waals surface area (Å²) in [5.41, 5.74) is 5.20. The number of methoxy groups -OCH3 is 1. The maximum absolute atomic E-state index is 11.8. The second kappa shape index (κ2) is 7.21. The van der Waals surface area contributed by atoms with Crippen LogP contribution < -0.4 is 5.73 Å². The predicted octanol–water partition coefficient (Wildman–Crippen LogP) is -1.64. The number of amides is 2. The molecule has 17 heavy (non-hydrogen) atoms. The number of carbonyl (C=O) groups excluding carboxylic acids is 2.